The number of fused-ring (bicyclic) bond motifs is 13. The highest BCUT2D eigenvalue weighted by molar-refractivity contribution is 6.74. The Bertz CT molecular complexity index is 2840. The van der Waals surface area contributed by atoms with E-state index in [4.69, 9.17) is 4.42 Å². The van der Waals surface area contributed by atoms with Crippen molar-refractivity contribution in [2.24, 2.45) is 0 Å². The Labute approximate surface area is 272 Å². The monoisotopic (exact) mass is 599 g/mol. The zero-order chi connectivity index (χ0) is 31.0. The van der Waals surface area contributed by atoms with Crippen LogP contribution in [0.4, 0.5) is 11.4 Å². The van der Waals surface area contributed by atoms with Crippen LogP contribution in [0.1, 0.15) is 25.0 Å². The molecule has 2 aliphatic rings. The molecule has 0 saturated heterocycles. The molecule has 47 heavy (non-hydrogen) atoms. The van der Waals surface area contributed by atoms with Crippen molar-refractivity contribution in [3.63, 3.8) is 0 Å². The Morgan fingerprint density at radius 3 is 2.30 bits per heavy atom. The molecule has 219 valence electrons. The highest BCUT2D eigenvalue weighted by Gasteiger charge is 2.35. The van der Waals surface area contributed by atoms with Gasteiger partial charge in [-0.25, -0.2) is 0 Å². The van der Waals surface area contributed by atoms with Gasteiger partial charge in [0.2, 0.25) is 0 Å². The Morgan fingerprint density at radius 1 is 0.617 bits per heavy atom. The van der Waals surface area contributed by atoms with E-state index in [0.29, 0.717) is 0 Å². The van der Waals surface area contributed by atoms with Crippen LogP contribution >= 0.6 is 0 Å². The largest absolute Gasteiger partial charge is 0.454 e. The van der Waals surface area contributed by atoms with Crippen molar-refractivity contribution in [3.8, 4) is 16.8 Å². The molecule has 4 heterocycles. The van der Waals surface area contributed by atoms with Gasteiger partial charge in [0.25, 0.3) is 0 Å². The van der Waals surface area contributed by atoms with E-state index in [2.05, 4.69) is 158 Å². The summed E-state index contributed by atoms with van der Waals surface area (Å²) in [7, 11) is 2.39. The van der Waals surface area contributed by atoms with Crippen LogP contribution in [-0.4, -0.2) is 11.8 Å². The molecule has 4 heteroatoms. The van der Waals surface area contributed by atoms with Crippen molar-refractivity contribution in [1.82, 2.24) is 4.57 Å². The molecule has 7 aromatic carbocycles. The van der Waals surface area contributed by atoms with Crippen LogP contribution < -0.4 is 16.2 Å². The molecule has 9 aromatic rings. The average Bonchev–Trinajstić information content (AvgIpc) is 3.65. The highest BCUT2D eigenvalue weighted by Crippen LogP contribution is 2.50. The maximum atomic E-state index is 6.85. The van der Waals surface area contributed by atoms with Gasteiger partial charge in [-0.3, -0.25) is 0 Å². The molecule has 3 nitrogen and oxygen atoms in total. The minimum Gasteiger partial charge on any atom is -0.454 e. The Kier molecular flexibility index (Phi) is 4.74. The molecule has 0 amide bonds. The van der Waals surface area contributed by atoms with Crippen LogP contribution in [0, 0.1) is 0 Å². The number of hydrogen-bond acceptors (Lipinski definition) is 2. The molecule has 2 aromatic heterocycles. The zero-order valence-corrected chi connectivity index (χ0v) is 26.1. The van der Waals surface area contributed by atoms with E-state index in [0.717, 1.165) is 27.6 Å². The molecular formula is C43H28BN2O. The Hall–Kier alpha value is -5.74. The first-order valence-electron chi connectivity index (χ1n) is 16.4. The van der Waals surface area contributed by atoms with Crippen molar-refractivity contribution in [1.29, 1.82) is 0 Å². The van der Waals surface area contributed by atoms with Gasteiger partial charge in [-0.1, -0.05) is 129 Å². The van der Waals surface area contributed by atoms with E-state index in [1.807, 2.05) is 0 Å². The van der Waals surface area contributed by atoms with Gasteiger partial charge in [0, 0.05) is 49.1 Å². The summed E-state index contributed by atoms with van der Waals surface area (Å²) in [6, 6.07) is 46.4. The summed E-state index contributed by atoms with van der Waals surface area (Å²) in [6.45, 7) is 4.68. The summed E-state index contributed by atoms with van der Waals surface area (Å²) in [5, 5.41) is 11.1. The molecule has 1 N–H and O–H groups in total. The first kappa shape index (κ1) is 25.5. The van der Waals surface area contributed by atoms with Crippen LogP contribution in [0.15, 0.2) is 132 Å². The smallest absolute Gasteiger partial charge is 0.198 e. The van der Waals surface area contributed by atoms with Gasteiger partial charge in [0.05, 0.1) is 16.9 Å². The lowest BCUT2D eigenvalue weighted by atomic mass is 9.58. The second kappa shape index (κ2) is 8.74. The maximum Gasteiger partial charge on any atom is 0.198 e. The van der Waals surface area contributed by atoms with Gasteiger partial charge in [-0.15, -0.1) is 0 Å². The summed E-state index contributed by atoms with van der Waals surface area (Å²) >= 11 is 0. The van der Waals surface area contributed by atoms with Gasteiger partial charge >= 0.3 is 0 Å². The number of nitrogens with zero attached hydrogens (tertiary/aromatic N) is 1. The normalized spacial score (nSPS) is 14.3. The molecule has 1 radical (unpaired) electrons. The summed E-state index contributed by atoms with van der Waals surface area (Å²) in [5.41, 5.74) is 15.0. The van der Waals surface area contributed by atoms with E-state index in [1.54, 1.807) is 0 Å². The van der Waals surface area contributed by atoms with Gasteiger partial charge in [0.15, 0.2) is 12.9 Å². The number of furan rings is 1. The molecule has 0 atom stereocenters. The number of aromatic nitrogens is 1. The molecule has 0 spiro atoms. The molecule has 0 unspecified atom stereocenters. The van der Waals surface area contributed by atoms with Crippen LogP contribution in [-0.2, 0) is 5.41 Å². The fourth-order valence-corrected chi connectivity index (χ4v) is 8.65. The van der Waals surface area contributed by atoms with Gasteiger partial charge in [-0.2, -0.15) is 0 Å². The van der Waals surface area contributed by atoms with Gasteiger partial charge < -0.3 is 14.3 Å². The zero-order valence-electron chi connectivity index (χ0n) is 26.1. The van der Waals surface area contributed by atoms with Crippen molar-refractivity contribution in [3.05, 3.63) is 139 Å². The number of nitrogens with one attached hydrogen (secondary N) is 1. The second-order valence-electron chi connectivity index (χ2n) is 13.6. The molecule has 0 saturated carbocycles. The molecule has 0 bridgehead atoms. The number of benzene rings is 7. The lowest BCUT2D eigenvalue weighted by molar-refractivity contribution is 0.638. The van der Waals surface area contributed by atoms with Crippen LogP contribution in [0.5, 0.6) is 0 Å². The van der Waals surface area contributed by atoms with Crippen molar-refractivity contribution >= 4 is 84.1 Å². The van der Waals surface area contributed by atoms with Crippen LogP contribution in [0.2, 0.25) is 0 Å². The third-order valence-electron chi connectivity index (χ3n) is 10.8. The fourth-order valence-electron chi connectivity index (χ4n) is 8.65. The second-order valence-corrected chi connectivity index (χ2v) is 13.6. The predicted octanol–water partition coefficient (Wildman–Crippen LogP) is 9.85. The van der Waals surface area contributed by atoms with Crippen molar-refractivity contribution in [2.45, 2.75) is 19.3 Å². The topological polar surface area (TPSA) is 30.1 Å². The minimum atomic E-state index is -0.155. The van der Waals surface area contributed by atoms with Crippen molar-refractivity contribution in [2.75, 3.05) is 5.32 Å². The van der Waals surface area contributed by atoms with Crippen LogP contribution in [0.25, 0.3) is 71.3 Å². The maximum absolute atomic E-state index is 6.85. The summed E-state index contributed by atoms with van der Waals surface area (Å²) in [6.07, 6.45) is 0. The number of rotatable bonds is 1. The summed E-state index contributed by atoms with van der Waals surface area (Å²) in [4.78, 5) is 0. The SMILES string of the molecule is CC1(C)c2ccccc2Nc2c(-c3cc4c(oc5ccccc54)c4c3[B]c3cccc5c6ccc7ccccc7c6n-4c35)cccc21. The van der Waals surface area contributed by atoms with E-state index in [1.165, 1.54) is 77.1 Å². The van der Waals surface area contributed by atoms with Crippen LogP contribution in [0.3, 0.4) is 0 Å². The number of para-hydroxylation sites is 4. The predicted molar refractivity (Wildman–Crippen MR) is 198 cm³/mol. The molecular weight excluding hydrogens is 571 g/mol. The Morgan fingerprint density at radius 2 is 1.36 bits per heavy atom. The molecule has 2 aliphatic heterocycles. The first-order valence-corrected chi connectivity index (χ1v) is 16.4. The lowest BCUT2D eigenvalue weighted by Gasteiger charge is -2.37. The quantitative estimate of drug-likeness (QED) is 0.190. The van der Waals surface area contributed by atoms with E-state index >= 15 is 0 Å². The molecule has 11 rings (SSSR count). The fraction of sp³-hybridized carbons (Fsp3) is 0.0698. The first-order chi connectivity index (χ1) is 23.1. The Balaban J connectivity index is 1.33. The molecule has 0 fully saturated rings. The number of anilines is 2. The third-order valence-corrected chi connectivity index (χ3v) is 10.8. The van der Waals surface area contributed by atoms with E-state index in [9.17, 15) is 0 Å². The molecule has 0 aliphatic carbocycles. The minimum absolute atomic E-state index is 0.155. The van der Waals surface area contributed by atoms with Gasteiger partial charge in [-0.05, 0) is 45.7 Å². The highest BCUT2D eigenvalue weighted by atomic mass is 16.3. The number of hydrogen-bond donors (Lipinski definition) is 1. The van der Waals surface area contributed by atoms with Gasteiger partial charge in [0.1, 0.15) is 5.58 Å². The van der Waals surface area contributed by atoms with E-state index < -0.39 is 0 Å². The average molecular weight is 600 g/mol. The summed E-state index contributed by atoms with van der Waals surface area (Å²) < 4.78 is 9.36. The third kappa shape index (κ3) is 3.18. The van der Waals surface area contributed by atoms with Crippen molar-refractivity contribution < 1.29 is 4.42 Å². The standard InChI is InChI=1S/C43H28BN2O/c1-43(2)32-16-6-7-19-35(32)45-38-27(14-9-17-33(38)43)30-23-31-26-13-5-8-20-36(26)47-42(31)41-37(30)44-34-18-10-15-28-29-22-21-24-11-3-4-12-25(24)39(29)46(41)40(28)34/h3-23,45H,1-2H3. The summed E-state index contributed by atoms with van der Waals surface area (Å²) in [5.74, 6) is 0. The lowest BCUT2D eigenvalue weighted by Crippen LogP contribution is -2.37. The van der Waals surface area contributed by atoms with E-state index in [-0.39, 0.29) is 5.41 Å².